The van der Waals surface area contributed by atoms with Gasteiger partial charge in [0.1, 0.15) is 6.61 Å². The number of esters is 2. The van der Waals surface area contributed by atoms with Crippen molar-refractivity contribution in [1.82, 2.24) is 0 Å². The summed E-state index contributed by atoms with van der Waals surface area (Å²) >= 11 is 0. The second kappa shape index (κ2) is 28.3. The van der Waals surface area contributed by atoms with Gasteiger partial charge in [-0.3, -0.25) is 9.59 Å². The highest BCUT2D eigenvalue weighted by atomic mass is 16.6. The van der Waals surface area contributed by atoms with Crippen LogP contribution in [0.25, 0.3) is 0 Å². The molecule has 0 radical (unpaired) electrons. The summed E-state index contributed by atoms with van der Waals surface area (Å²) in [6.45, 7) is 3.66. The fourth-order valence-corrected chi connectivity index (χ4v) is 3.37. The lowest BCUT2D eigenvalue weighted by atomic mass is 10.1. The molecule has 1 unspecified atom stereocenters. The quantitative estimate of drug-likeness (QED) is 0.0576. The minimum atomic E-state index is -0.864. The molecule has 0 aliphatic carbocycles. The molecule has 0 aromatic heterocycles. The number of hydrogen-bond acceptors (Lipinski definition) is 6. The molecule has 0 amide bonds. The molecule has 0 aromatic rings. The first-order valence-corrected chi connectivity index (χ1v) is 14.6. The van der Waals surface area contributed by atoms with Gasteiger partial charge in [0.25, 0.3) is 0 Å². The number of allylic oxidation sites excluding steroid dienone is 11. The highest BCUT2D eigenvalue weighted by Gasteiger charge is 2.16. The molecule has 0 saturated heterocycles. The predicted octanol–water partition coefficient (Wildman–Crippen LogP) is 7.24. The standard InChI is InChI=1S/C33H52O6/c1-3-5-7-9-10-11-12-13-14-15-16-17-18-19-21-22-24-30(35)26-27-32(36)38-29-31(28-34)39-33(37)25-23-20-8-6-4-2/h5,7,10-11,13-14,16-17,19,21-22,24,30-31,34-35H,3-4,6,8-9,12,15,18,20,23,25-29H2,1-2H3/b7-5-,11-10-,14-13-,17-16-,21-19-,24-22-/t30?,31-/m0/s1. The maximum atomic E-state index is 11.9. The van der Waals surface area contributed by atoms with E-state index in [1.54, 1.807) is 12.2 Å². The molecule has 6 nitrogen and oxygen atoms in total. The molecule has 0 spiro atoms. The largest absolute Gasteiger partial charge is 0.462 e. The third-order valence-electron chi connectivity index (χ3n) is 5.63. The number of rotatable bonds is 24. The van der Waals surface area contributed by atoms with E-state index in [1.165, 1.54) is 0 Å². The third-order valence-corrected chi connectivity index (χ3v) is 5.63. The van der Waals surface area contributed by atoms with E-state index in [2.05, 4.69) is 62.5 Å². The molecule has 6 heteroatoms. The van der Waals surface area contributed by atoms with E-state index in [0.717, 1.165) is 64.2 Å². The number of ether oxygens (including phenoxy) is 2. The molecular formula is C33H52O6. The SMILES string of the molecule is CC/C=C\C/C=C\C/C=C\C/C=C\C/C=C\C=C/C(O)CCC(=O)OC[C@H](CO)OC(=O)CCCCCCC. The van der Waals surface area contributed by atoms with Gasteiger partial charge in [-0.1, -0.05) is 112 Å². The highest BCUT2D eigenvalue weighted by Crippen LogP contribution is 2.08. The molecule has 0 saturated carbocycles. The molecule has 2 N–H and O–H groups in total. The van der Waals surface area contributed by atoms with Crippen LogP contribution < -0.4 is 0 Å². The minimum absolute atomic E-state index is 0.0285. The van der Waals surface area contributed by atoms with Crippen molar-refractivity contribution in [2.24, 2.45) is 0 Å². The Morgan fingerprint density at radius 3 is 1.90 bits per heavy atom. The van der Waals surface area contributed by atoms with Crippen molar-refractivity contribution >= 4 is 11.9 Å². The monoisotopic (exact) mass is 544 g/mol. The first-order valence-electron chi connectivity index (χ1n) is 14.6. The lowest BCUT2D eigenvalue weighted by molar-refractivity contribution is -0.161. The van der Waals surface area contributed by atoms with Gasteiger partial charge in [-0.15, -0.1) is 0 Å². The Morgan fingerprint density at radius 2 is 1.31 bits per heavy atom. The van der Waals surface area contributed by atoms with Gasteiger partial charge in [-0.05, 0) is 44.9 Å². The van der Waals surface area contributed by atoms with Gasteiger partial charge in [-0.2, -0.15) is 0 Å². The first-order chi connectivity index (χ1) is 19.0. The second-order valence-electron chi connectivity index (χ2n) is 9.30. The molecule has 0 aliphatic rings. The van der Waals surface area contributed by atoms with Crippen LogP contribution in [0.2, 0.25) is 0 Å². The summed E-state index contributed by atoms with van der Waals surface area (Å²) in [6, 6.07) is 0. The summed E-state index contributed by atoms with van der Waals surface area (Å²) in [7, 11) is 0. The zero-order valence-electron chi connectivity index (χ0n) is 24.2. The van der Waals surface area contributed by atoms with Gasteiger partial charge < -0.3 is 19.7 Å². The van der Waals surface area contributed by atoms with Crippen LogP contribution in [0.15, 0.2) is 72.9 Å². The van der Waals surface area contributed by atoms with Gasteiger partial charge in [0.2, 0.25) is 0 Å². The number of aliphatic hydroxyl groups excluding tert-OH is 2. The van der Waals surface area contributed by atoms with Gasteiger partial charge in [0.05, 0.1) is 12.7 Å². The van der Waals surface area contributed by atoms with E-state index in [0.29, 0.717) is 6.42 Å². The third kappa shape index (κ3) is 26.7. The molecule has 0 rings (SSSR count). The Hall–Kier alpha value is -2.70. The van der Waals surface area contributed by atoms with Gasteiger partial charge in [0, 0.05) is 12.8 Å². The Morgan fingerprint density at radius 1 is 0.718 bits per heavy atom. The molecule has 0 heterocycles. The van der Waals surface area contributed by atoms with Crippen molar-refractivity contribution in [1.29, 1.82) is 0 Å². The summed E-state index contributed by atoms with van der Waals surface area (Å²) in [5.41, 5.74) is 0. The number of hydrogen-bond donors (Lipinski definition) is 2. The smallest absolute Gasteiger partial charge is 0.306 e. The molecule has 0 aliphatic heterocycles. The predicted molar refractivity (Wildman–Crippen MR) is 160 cm³/mol. The Bertz CT molecular complexity index is 775. The van der Waals surface area contributed by atoms with E-state index in [-0.39, 0.29) is 19.4 Å². The fraction of sp³-hybridized carbons (Fsp3) is 0.576. The highest BCUT2D eigenvalue weighted by molar-refractivity contribution is 5.70. The summed E-state index contributed by atoms with van der Waals surface area (Å²) in [6.07, 6.45) is 33.3. The number of unbranched alkanes of at least 4 members (excludes halogenated alkanes) is 4. The van der Waals surface area contributed by atoms with Gasteiger partial charge >= 0.3 is 11.9 Å². The lowest BCUT2D eigenvalue weighted by Gasteiger charge is -2.16. The van der Waals surface area contributed by atoms with E-state index < -0.39 is 30.8 Å². The molecule has 0 bridgehead atoms. The molecule has 0 aromatic carbocycles. The van der Waals surface area contributed by atoms with Crippen LogP contribution in [0.4, 0.5) is 0 Å². The molecular weight excluding hydrogens is 492 g/mol. The van der Waals surface area contributed by atoms with Crippen LogP contribution in [-0.2, 0) is 19.1 Å². The van der Waals surface area contributed by atoms with Gasteiger partial charge in [0.15, 0.2) is 6.10 Å². The summed E-state index contributed by atoms with van der Waals surface area (Å²) in [5.74, 6) is -0.899. The zero-order valence-corrected chi connectivity index (χ0v) is 24.2. The number of carbonyl (C=O) groups is 2. The topological polar surface area (TPSA) is 93.1 Å². The zero-order chi connectivity index (χ0) is 28.8. The van der Waals surface area contributed by atoms with Crippen molar-refractivity contribution < 1.29 is 29.3 Å². The van der Waals surface area contributed by atoms with Crippen molar-refractivity contribution in [2.45, 2.75) is 110 Å². The van der Waals surface area contributed by atoms with Crippen molar-refractivity contribution in [3.8, 4) is 0 Å². The van der Waals surface area contributed by atoms with E-state index in [9.17, 15) is 19.8 Å². The minimum Gasteiger partial charge on any atom is -0.462 e. The van der Waals surface area contributed by atoms with Crippen LogP contribution >= 0.6 is 0 Å². The van der Waals surface area contributed by atoms with Crippen molar-refractivity contribution in [3.63, 3.8) is 0 Å². The van der Waals surface area contributed by atoms with Crippen molar-refractivity contribution in [3.05, 3.63) is 72.9 Å². The molecule has 220 valence electrons. The average molecular weight is 545 g/mol. The maximum absolute atomic E-state index is 11.9. The Labute approximate surface area is 236 Å². The molecule has 39 heavy (non-hydrogen) atoms. The van der Waals surface area contributed by atoms with Crippen LogP contribution in [0.1, 0.15) is 97.3 Å². The van der Waals surface area contributed by atoms with Crippen LogP contribution in [-0.4, -0.2) is 47.6 Å². The van der Waals surface area contributed by atoms with E-state index in [1.807, 2.05) is 12.2 Å². The fourth-order valence-electron chi connectivity index (χ4n) is 3.37. The van der Waals surface area contributed by atoms with Gasteiger partial charge in [-0.25, -0.2) is 0 Å². The van der Waals surface area contributed by atoms with Crippen LogP contribution in [0.5, 0.6) is 0 Å². The average Bonchev–Trinajstić information content (AvgIpc) is 2.93. The maximum Gasteiger partial charge on any atom is 0.306 e. The van der Waals surface area contributed by atoms with Crippen LogP contribution in [0.3, 0.4) is 0 Å². The van der Waals surface area contributed by atoms with E-state index >= 15 is 0 Å². The number of carbonyl (C=O) groups excluding carboxylic acids is 2. The number of aliphatic hydroxyl groups is 2. The normalized spacial score (nSPS) is 14.1. The summed E-state index contributed by atoms with van der Waals surface area (Å²) in [5, 5.41) is 19.4. The summed E-state index contributed by atoms with van der Waals surface area (Å²) < 4.78 is 10.3. The van der Waals surface area contributed by atoms with Crippen LogP contribution in [0, 0.1) is 0 Å². The molecule has 2 atom stereocenters. The van der Waals surface area contributed by atoms with E-state index in [4.69, 9.17) is 9.47 Å². The van der Waals surface area contributed by atoms with Crippen molar-refractivity contribution in [2.75, 3.05) is 13.2 Å². The summed E-state index contributed by atoms with van der Waals surface area (Å²) in [4.78, 5) is 23.8. The lowest BCUT2D eigenvalue weighted by Crippen LogP contribution is -2.28. The Kier molecular flexibility index (Phi) is 26.4. The Balaban J connectivity index is 3.94. The first kappa shape index (κ1) is 36.3. The molecule has 0 fully saturated rings. The second-order valence-corrected chi connectivity index (χ2v) is 9.30.